The van der Waals surface area contributed by atoms with Crippen molar-refractivity contribution < 1.29 is 28.6 Å². The Morgan fingerprint density at radius 2 is 1.76 bits per heavy atom. The molecule has 1 aromatic rings. The van der Waals surface area contributed by atoms with Crippen LogP contribution in [0.25, 0.3) is 0 Å². The molecule has 7 nitrogen and oxygen atoms in total. The van der Waals surface area contributed by atoms with Gasteiger partial charge >= 0.3 is 12.1 Å². The lowest BCUT2D eigenvalue weighted by molar-refractivity contribution is -0.144. The van der Waals surface area contributed by atoms with Gasteiger partial charge < -0.3 is 19.5 Å². The topological polar surface area (TPSA) is 90.9 Å². The highest BCUT2D eigenvalue weighted by atomic mass is 16.6. The first-order valence-electron chi connectivity index (χ1n) is 7.92. The van der Waals surface area contributed by atoms with Crippen molar-refractivity contribution in [1.82, 2.24) is 5.32 Å². The molecule has 0 aliphatic rings. The van der Waals surface area contributed by atoms with Gasteiger partial charge in [-0.2, -0.15) is 0 Å². The molecular formula is C18H25NO6. The molecule has 0 heterocycles. The number of ether oxygens (including phenoxy) is 3. The van der Waals surface area contributed by atoms with Gasteiger partial charge in [-0.15, -0.1) is 0 Å². The summed E-state index contributed by atoms with van der Waals surface area (Å²) in [6, 6.07) is 8.39. The molecule has 0 fully saturated rings. The lowest BCUT2D eigenvalue weighted by atomic mass is 10.1. The standard InChI is InChI=1S/C18H25NO6/c1-18(2,3)25-17(22)19-14(15(20)10-16(21)23-4)12-24-11-13-8-6-5-7-9-13/h5-9,14H,10-12H2,1-4H3,(H,19,22). The van der Waals surface area contributed by atoms with E-state index in [2.05, 4.69) is 10.1 Å². The number of ketones is 1. The van der Waals surface area contributed by atoms with Gasteiger partial charge in [0.05, 0.1) is 20.3 Å². The number of nitrogens with one attached hydrogen (secondary N) is 1. The Balaban J connectivity index is 2.64. The van der Waals surface area contributed by atoms with E-state index in [4.69, 9.17) is 9.47 Å². The molecule has 0 saturated heterocycles. The summed E-state index contributed by atoms with van der Waals surface area (Å²) in [7, 11) is 1.19. The maximum absolute atomic E-state index is 12.2. The Hall–Kier alpha value is -2.41. The first kappa shape index (κ1) is 20.6. The third-order valence-corrected chi connectivity index (χ3v) is 3.02. The summed E-state index contributed by atoms with van der Waals surface area (Å²) < 4.78 is 15.1. The summed E-state index contributed by atoms with van der Waals surface area (Å²) in [4.78, 5) is 35.4. The van der Waals surface area contributed by atoms with Crippen molar-refractivity contribution in [1.29, 1.82) is 0 Å². The summed E-state index contributed by atoms with van der Waals surface area (Å²) in [6.45, 7) is 5.33. The van der Waals surface area contributed by atoms with Crippen LogP contribution in [0.4, 0.5) is 4.79 Å². The van der Waals surface area contributed by atoms with Crippen LogP contribution in [0.15, 0.2) is 30.3 Å². The quantitative estimate of drug-likeness (QED) is 0.570. The number of amides is 1. The maximum atomic E-state index is 12.2. The second-order valence-corrected chi connectivity index (χ2v) is 6.42. The van der Waals surface area contributed by atoms with Crippen LogP contribution in [0.3, 0.4) is 0 Å². The fourth-order valence-corrected chi connectivity index (χ4v) is 1.87. The SMILES string of the molecule is COC(=O)CC(=O)C(COCc1ccccc1)NC(=O)OC(C)(C)C. The molecule has 1 amide bonds. The van der Waals surface area contributed by atoms with Crippen molar-refractivity contribution in [3.8, 4) is 0 Å². The number of carbonyl (C=O) groups excluding carboxylic acids is 3. The summed E-state index contributed by atoms with van der Waals surface area (Å²) in [5.74, 6) is -1.19. The predicted molar refractivity (Wildman–Crippen MR) is 90.9 cm³/mol. The Morgan fingerprint density at radius 1 is 1.12 bits per heavy atom. The van der Waals surface area contributed by atoms with Gasteiger partial charge in [0, 0.05) is 0 Å². The normalized spacial score (nSPS) is 12.2. The molecule has 7 heteroatoms. The van der Waals surface area contributed by atoms with Gasteiger partial charge in [-0.25, -0.2) is 4.79 Å². The van der Waals surface area contributed by atoms with E-state index in [0.29, 0.717) is 0 Å². The monoisotopic (exact) mass is 351 g/mol. The second kappa shape index (κ2) is 9.78. The summed E-state index contributed by atoms with van der Waals surface area (Å²) in [5, 5.41) is 2.45. The predicted octanol–water partition coefficient (Wildman–Crippen LogP) is 2.23. The van der Waals surface area contributed by atoms with E-state index in [1.807, 2.05) is 30.3 Å². The minimum atomic E-state index is -1.00. The van der Waals surface area contributed by atoms with E-state index in [-0.39, 0.29) is 13.2 Å². The number of Topliss-reactive ketones (excluding diaryl/α,β-unsaturated/α-hetero) is 1. The number of hydrogen-bond acceptors (Lipinski definition) is 6. The zero-order valence-corrected chi connectivity index (χ0v) is 15.0. The molecule has 0 bridgehead atoms. The third-order valence-electron chi connectivity index (χ3n) is 3.02. The Labute approximate surface area is 147 Å². The van der Waals surface area contributed by atoms with Crippen molar-refractivity contribution in [2.24, 2.45) is 0 Å². The minimum absolute atomic E-state index is 0.0794. The number of rotatable bonds is 8. The van der Waals surface area contributed by atoms with E-state index in [1.54, 1.807) is 20.8 Å². The number of methoxy groups -OCH3 is 1. The summed E-state index contributed by atoms with van der Waals surface area (Å²) >= 11 is 0. The number of carbonyl (C=O) groups is 3. The van der Waals surface area contributed by atoms with Gasteiger partial charge in [0.15, 0.2) is 5.78 Å². The fourth-order valence-electron chi connectivity index (χ4n) is 1.87. The lowest BCUT2D eigenvalue weighted by Crippen LogP contribution is -2.46. The molecule has 0 radical (unpaired) electrons. The molecule has 1 N–H and O–H groups in total. The van der Waals surface area contributed by atoms with E-state index >= 15 is 0 Å². The minimum Gasteiger partial charge on any atom is -0.469 e. The van der Waals surface area contributed by atoms with Crippen molar-refractivity contribution >= 4 is 17.8 Å². The smallest absolute Gasteiger partial charge is 0.408 e. The molecule has 25 heavy (non-hydrogen) atoms. The van der Waals surface area contributed by atoms with E-state index in [9.17, 15) is 14.4 Å². The second-order valence-electron chi connectivity index (χ2n) is 6.42. The molecule has 0 saturated carbocycles. The van der Waals surface area contributed by atoms with Crippen molar-refractivity contribution in [2.45, 2.75) is 45.4 Å². The van der Waals surface area contributed by atoms with Gasteiger partial charge in [-0.1, -0.05) is 30.3 Å². The van der Waals surface area contributed by atoms with E-state index < -0.39 is 35.9 Å². The van der Waals surface area contributed by atoms with E-state index in [0.717, 1.165) is 5.56 Å². The molecule has 138 valence electrons. The van der Waals surface area contributed by atoms with Crippen molar-refractivity contribution in [3.63, 3.8) is 0 Å². The maximum Gasteiger partial charge on any atom is 0.408 e. The van der Waals surface area contributed by atoms with Crippen LogP contribution >= 0.6 is 0 Å². The van der Waals surface area contributed by atoms with Crippen LogP contribution in [-0.4, -0.2) is 43.2 Å². The van der Waals surface area contributed by atoms with Crippen LogP contribution in [-0.2, 0) is 30.4 Å². The first-order valence-corrected chi connectivity index (χ1v) is 7.92. The van der Waals surface area contributed by atoms with Crippen molar-refractivity contribution in [3.05, 3.63) is 35.9 Å². The van der Waals surface area contributed by atoms with Crippen LogP contribution in [0.5, 0.6) is 0 Å². The number of esters is 1. The molecule has 1 rings (SSSR count). The Kier molecular flexibility index (Phi) is 8.07. The Bertz CT molecular complexity index is 579. The molecule has 0 spiro atoms. The van der Waals surface area contributed by atoms with Crippen LogP contribution < -0.4 is 5.32 Å². The molecule has 0 aliphatic heterocycles. The largest absolute Gasteiger partial charge is 0.469 e. The van der Waals surface area contributed by atoms with Gasteiger partial charge in [0.2, 0.25) is 0 Å². The molecule has 1 unspecified atom stereocenters. The lowest BCUT2D eigenvalue weighted by Gasteiger charge is -2.23. The molecule has 1 atom stereocenters. The molecule has 0 aromatic heterocycles. The molecule has 0 aliphatic carbocycles. The molecular weight excluding hydrogens is 326 g/mol. The molecule has 1 aromatic carbocycles. The average Bonchev–Trinajstić information content (AvgIpc) is 2.53. The summed E-state index contributed by atoms with van der Waals surface area (Å²) in [5.41, 5.74) is 0.226. The van der Waals surface area contributed by atoms with Crippen molar-refractivity contribution in [2.75, 3.05) is 13.7 Å². The van der Waals surface area contributed by atoms with E-state index in [1.165, 1.54) is 7.11 Å². The zero-order valence-electron chi connectivity index (χ0n) is 15.0. The number of alkyl carbamates (subject to hydrolysis) is 1. The highest BCUT2D eigenvalue weighted by molar-refractivity contribution is 5.99. The van der Waals surface area contributed by atoms with Gasteiger partial charge in [-0.05, 0) is 26.3 Å². The van der Waals surface area contributed by atoms with Crippen LogP contribution in [0.1, 0.15) is 32.8 Å². The average molecular weight is 351 g/mol. The fraction of sp³-hybridized carbons (Fsp3) is 0.500. The van der Waals surface area contributed by atoms with Gasteiger partial charge in [0.1, 0.15) is 18.1 Å². The van der Waals surface area contributed by atoms with Crippen LogP contribution in [0, 0.1) is 0 Å². The highest BCUT2D eigenvalue weighted by Crippen LogP contribution is 2.08. The highest BCUT2D eigenvalue weighted by Gasteiger charge is 2.26. The van der Waals surface area contributed by atoms with Gasteiger partial charge in [0.25, 0.3) is 0 Å². The number of benzene rings is 1. The van der Waals surface area contributed by atoms with Crippen LogP contribution in [0.2, 0.25) is 0 Å². The summed E-state index contributed by atoms with van der Waals surface area (Å²) in [6.07, 6.45) is -1.20. The van der Waals surface area contributed by atoms with Gasteiger partial charge in [-0.3, -0.25) is 9.59 Å². The first-order chi connectivity index (χ1) is 11.7. The third kappa shape index (κ3) is 8.85. The Morgan fingerprint density at radius 3 is 2.32 bits per heavy atom. The zero-order chi connectivity index (χ0) is 18.9. The number of hydrogen-bond donors (Lipinski definition) is 1.